The van der Waals surface area contributed by atoms with Crippen molar-refractivity contribution in [1.29, 1.82) is 0 Å². The third kappa shape index (κ3) is 2.66. The summed E-state index contributed by atoms with van der Waals surface area (Å²) in [5, 5.41) is 17.2. The van der Waals surface area contributed by atoms with Gasteiger partial charge in [-0.1, -0.05) is 0 Å². The summed E-state index contributed by atoms with van der Waals surface area (Å²) >= 11 is 0. The Bertz CT molecular complexity index is 741. The fourth-order valence-corrected chi connectivity index (χ4v) is 1.88. The molecule has 2 aromatic rings. The molecule has 110 valence electrons. The maximum atomic E-state index is 13.8. The molecule has 21 heavy (non-hydrogen) atoms. The molecule has 1 aromatic heterocycles. The van der Waals surface area contributed by atoms with E-state index in [1.165, 1.54) is 10.9 Å². The van der Waals surface area contributed by atoms with E-state index in [0.29, 0.717) is 11.4 Å². The molecule has 0 unspecified atom stereocenters. The van der Waals surface area contributed by atoms with E-state index in [9.17, 15) is 19.3 Å². The van der Waals surface area contributed by atoms with Crippen molar-refractivity contribution >= 4 is 23.0 Å². The van der Waals surface area contributed by atoms with Crippen LogP contribution in [0.15, 0.2) is 18.3 Å². The first-order valence-corrected chi connectivity index (χ1v) is 5.85. The molecule has 8 nitrogen and oxygen atoms in total. The lowest BCUT2D eigenvalue weighted by Gasteiger charge is -2.08. The number of nitro benzene ring substituents is 1. The average Bonchev–Trinajstić information content (AvgIpc) is 2.67. The van der Waals surface area contributed by atoms with Gasteiger partial charge in [0, 0.05) is 19.3 Å². The molecule has 2 rings (SSSR count). The second kappa shape index (κ2) is 5.19. The quantitative estimate of drug-likeness (QED) is 0.506. The molecule has 1 aromatic carbocycles. The van der Waals surface area contributed by atoms with Crippen LogP contribution in [0.25, 0.3) is 0 Å². The standard InChI is InChI=1S/C12H12FN5O3/c1-6-8(5-17(2)16-6)15-12(19)10-7(13)3-4-9(11(10)14)18(20)21/h3-5H,14H2,1-2H3,(H,15,19). The Morgan fingerprint density at radius 1 is 1.52 bits per heavy atom. The number of nitrogens with two attached hydrogens (primary N) is 1. The predicted octanol–water partition coefficient (Wildman–Crippen LogP) is 1.61. The summed E-state index contributed by atoms with van der Waals surface area (Å²) in [6.07, 6.45) is 1.53. The highest BCUT2D eigenvalue weighted by Gasteiger charge is 2.24. The number of carbonyl (C=O) groups excluding carboxylic acids is 1. The van der Waals surface area contributed by atoms with Gasteiger partial charge in [0.2, 0.25) is 0 Å². The van der Waals surface area contributed by atoms with Crippen molar-refractivity contribution < 1.29 is 14.1 Å². The van der Waals surface area contributed by atoms with E-state index in [0.717, 1.165) is 12.1 Å². The summed E-state index contributed by atoms with van der Waals surface area (Å²) in [6, 6.07) is 1.75. The van der Waals surface area contributed by atoms with E-state index in [1.807, 2.05) is 0 Å². The van der Waals surface area contributed by atoms with Crippen molar-refractivity contribution in [2.45, 2.75) is 6.92 Å². The molecule has 0 aliphatic heterocycles. The number of carbonyl (C=O) groups is 1. The first kappa shape index (κ1) is 14.4. The monoisotopic (exact) mass is 293 g/mol. The molecular formula is C12H12FN5O3. The first-order chi connectivity index (χ1) is 9.81. The van der Waals surface area contributed by atoms with Gasteiger partial charge < -0.3 is 11.1 Å². The summed E-state index contributed by atoms with van der Waals surface area (Å²) in [5.41, 5.74) is 4.81. The molecule has 0 aliphatic rings. The van der Waals surface area contributed by atoms with Crippen LogP contribution in [0.4, 0.5) is 21.5 Å². The molecule has 1 amide bonds. The molecule has 0 spiro atoms. The summed E-state index contributed by atoms with van der Waals surface area (Å²) in [5.74, 6) is -1.80. The fraction of sp³-hybridized carbons (Fsp3) is 0.167. The number of anilines is 2. The van der Waals surface area contributed by atoms with E-state index >= 15 is 0 Å². The van der Waals surface area contributed by atoms with E-state index in [2.05, 4.69) is 10.4 Å². The number of nitrogens with zero attached hydrogens (tertiary/aromatic N) is 3. The summed E-state index contributed by atoms with van der Waals surface area (Å²) in [6.45, 7) is 1.66. The molecule has 0 saturated heterocycles. The van der Waals surface area contributed by atoms with Gasteiger partial charge in [-0.2, -0.15) is 5.10 Å². The SMILES string of the molecule is Cc1nn(C)cc1NC(=O)c1c(F)ccc([N+](=O)[O-])c1N. The minimum atomic E-state index is -0.933. The molecule has 9 heteroatoms. The van der Waals surface area contributed by atoms with Crippen LogP contribution >= 0.6 is 0 Å². The Morgan fingerprint density at radius 3 is 2.71 bits per heavy atom. The van der Waals surface area contributed by atoms with Gasteiger partial charge >= 0.3 is 0 Å². The maximum absolute atomic E-state index is 13.8. The lowest BCUT2D eigenvalue weighted by Crippen LogP contribution is -2.17. The molecule has 0 atom stereocenters. The Labute approximate surface area is 118 Å². The maximum Gasteiger partial charge on any atom is 0.293 e. The van der Waals surface area contributed by atoms with Crippen LogP contribution in [-0.4, -0.2) is 20.6 Å². The lowest BCUT2D eigenvalue weighted by molar-refractivity contribution is -0.384. The molecule has 3 N–H and O–H groups in total. The summed E-state index contributed by atoms with van der Waals surface area (Å²) < 4.78 is 15.2. The van der Waals surface area contributed by atoms with Gasteiger partial charge in [0.25, 0.3) is 11.6 Å². The van der Waals surface area contributed by atoms with Gasteiger partial charge in [-0.05, 0) is 13.0 Å². The zero-order chi connectivity index (χ0) is 15.7. The van der Waals surface area contributed by atoms with Crippen molar-refractivity contribution in [3.05, 3.63) is 45.5 Å². The van der Waals surface area contributed by atoms with Gasteiger partial charge in [-0.15, -0.1) is 0 Å². The van der Waals surface area contributed by atoms with Gasteiger partial charge in [-0.25, -0.2) is 4.39 Å². The van der Waals surface area contributed by atoms with Crippen molar-refractivity contribution in [2.75, 3.05) is 11.1 Å². The smallest absolute Gasteiger partial charge is 0.293 e. The number of aryl methyl sites for hydroxylation is 2. The number of halogens is 1. The van der Waals surface area contributed by atoms with Crippen LogP contribution in [0.5, 0.6) is 0 Å². The third-order valence-electron chi connectivity index (χ3n) is 2.86. The highest BCUT2D eigenvalue weighted by Crippen LogP contribution is 2.28. The van der Waals surface area contributed by atoms with E-state index in [4.69, 9.17) is 5.73 Å². The topological polar surface area (TPSA) is 116 Å². The third-order valence-corrected chi connectivity index (χ3v) is 2.86. The minimum absolute atomic E-state index is 0.368. The number of benzene rings is 1. The normalized spacial score (nSPS) is 10.4. The summed E-state index contributed by atoms with van der Waals surface area (Å²) in [4.78, 5) is 22.1. The van der Waals surface area contributed by atoms with E-state index < -0.39 is 33.6 Å². The van der Waals surface area contributed by atoms with Crippen molar-refractivity contribution in [3.63, 3.8) is 0 Å². The number of hydrogen-bond donors (Lipinski definition) is 2. The van der Waals surface area contributed by atoms with E-state index in [1.54, 1.807) is 14.0 Å². The summed E-state index contributed by atoms with van der Waals surface area (Å²) in [7, 11) is 1.66. The van der Waals surface area contributed by atoms with Gasteiger partial charge in [0.15, 0.2) is 0 Å². The van der Waals surface area contributed by atoms with Crippen LogP contribution in [0.2, 0.25) is 0 Å². The Morgan fingerprint density at radius 2 is 2.19 bits per heavy atom. The predicted molar refractivity (Wildman–Crippen MR) is 73.4 cm³/mol. The average molecular weight is 293 g/mol. The van der Waals surface area contributed by atoms with Crippen LogP contribution in [-0.2, 0) is 7.05 Å². The minimum Gasteiger partial charge on any atom is -0.392 e. The zero-order valence-corrected chi connectivity index (χ0v) is 11.3. The molecule has 0 fully saturated rings. The Kier molecular flexibility index (Phi) is 3.57. The number of nitro groups is 1. The van der Waals surface area contributed by atoms with Crippen LogP contribution in [0, 0.1) is 22.9 Å². The molecule has 0 saturated carbocycles. The van der Waals surface area contributed by atoms with Gasteiger partial charge in [0.1, 0.15) is 17.1 Å². The number of amides is 1. The number of aromatic nitrogens is 2. The van der Waals surface area contributed by atoms with Crippen molar-refractivity contribution in [1.82, 2.24) is 9.78 Å². The molecular weight excluding hydrogens is 281 g/mol. The Balaban J connectivity index is 2.42. The van der Waals surface area contributed by atoms with Crippen molar-refractivity contribution in [2.24, 2.45) is 7.05 Å². The number of hydrogen-bond acceptors (Lipinski definition) is 5. The number of rotatable bonds is 3. The Hall–Kier alpha value is -2.97. The highest BCUT2D eigenvalue weighted by molar-refractivity contribution is 6.09. The van der Waals surface area contributed by atoms with Gasteiger partial charge in [0.05, 0.1) is 16.3 Å². The number of nitrogens with one attached hydrogen (secondary N) is 1. The highest BCUT2D eigenvalue weighted by atomic mass is 19.1. The number of nitrogen functional groups attached to an aromatic ring is 1. The van der Waals surface area contributed by atoms with Crippen LogP contribution in [0.1, 0.15) is 16.1 Å². The lowest BCUT2D eigenvalue weighted by atomic mass is 10.1. The van der Waals surface area contributed by atoms with Crippen LogP contribution in [0.3, 0.4) is 0 Å². The largest absolute Gasteiger partial charge is 0.392 e. The first-order valence-electron chi connectivity index (χ1n) is 5.85. The van der Waals surface area contributed by atoms with E-state index in [-0.39, 0.29) is 0 Å². The molecule has 0 bridgehead atoms. The second-order valence-corrected chi connectivity index (χ2v) is 4.37. The second-order valence-electron chi connectivity index (χ2n) is 4.37. The fourth-order valence-electron chi connectivity index (χ4n) is 1.88. The molecule has 0 radical (unpaired) electrons. The molecule has 1 heterocycles. The molecule has 0 aliphatic carbocycles. The van der Waals surface area contributed by atoms with Crippen molar-refractivity contribution in [3.8, 4) is 0 Å². The zero-order valence-electron chi connectivity index (χ0n) is 11.3. The van der Waals surface area contributed by atoms with Crippen LogP contribution < -0.4 is 11.1 Å². The van der Waals surface area contributed by atoms with Gasteiger partial charge in [-0.3, -0.25) is 19.6 Å².